The molecular weight excluding hydrogens is 382 g/mol. The zero-order chi connectivity index (χ0) is 20.5. The van der Waals surface area contributed by atoms with Gasteiger partial charge in [0.15, 0.2) is 17.3 Å². The molecule has 0 saturated carbocycles. The number of carbonyl (C=O) groups is 2. The van der Waals surface area contributed by atoms with Crippen molar-refractivity contribution in [3.8, 4) is 11.5 Å². The van der Waals surface area contributed by atoms with Crippen LogP contribution in [0.25, 0.3) is 10.9 Å². The number of Topliss-reactive ketones (excluding diaryl/α,β-unsaturated/α-hetero) is 1. The molecule has 0 radical (unpaired) electrons. The molecule has 1 atom stereocenters. The molecule has 2 aliphatic heterocycles. The highest BCUT2D eigenvalue weighted by Gasteiger charge is 2.33. The second-order valence-corrected chi connectivity index (χ2v) is 7.64. The number of aromatic nitrogens is 1. The fraction of sp³-hybridized carbons (Fsp3) is 0.304. The highest BCUT2D eigenvalue weighted by molar-refractivity contribution is 6.08. The van der Waals surface area contributed by atoms with Crippen molar-refractivity contribution in [2.75, 3.05) is 39.3 Å². The Morgan fingerprint density at radius 3 is 2.53 bits per heavy atom. The van der Waals surface area contributed by atoms with Crippen molar-refractivity contribution in [2.24, 2.45) is 0 Å². The van der Waals surface area contributed by atoms with Gasteiger partial charge in [0.1, 0.15) is 6.61 Å². The minimum absolute atomic E-state index is 0.0629. The van der Waals surface area contributed by atoms with Gasteiger partial charge in [0.25, 0.3) is 5.91 Å². The standard InChI is InChI=1S/C23H23N3O4/c27-19(17-13-24-18-6-2-1-5-16(17)18)14-25-9-11-26(12-10-25)23(28)22-15-29-20-7-3-4-8-21(20)30-22/h1-8,13,22,24H,9-12,14-15H2. The molecule has 5 rings (SSSR count). The second kappa shape index (κ2) is 7.84. The Hall–Kier alpha value is -3.32. The summed E-state index contributed by atoms with van der Waals surface area (Å²) in [5.74, 6) is 1.30. The monoisotopic (exact) mass is 405 g/mol. The number of para-hydroxylation sites is 3. The van der Waals surface area contributed by atoms with Crippen LogP contribution in [0, 0.1) is 0 Å². The number of ether oxygens (including phenoxy) is 2. The first kappa shape index (κ1) is 18.7. The molecule has 2 aliphatic rings. The molecule has 0 aliphatic carbocycles. The van der Waals surface area contributed by atoms with Crippen LogP contribution in [0.2, 0.25) is 0 Å². The van der Waals surface area contributed by atoms with Gasteiger partial charge in [-0.05, 0) is 18.2 Å². The maximum absolute atomic E-state index is 12.9. The Morgan fingerprint density at radius 1 is 0.967 bits per heavy atom. The fourth-order valence-electron chi connectivity index (χ4n) is 4.06. The van der Waals surface area contributed by atoms with Crippen LogP contribution in [-0.4, -0.2) is 71.9 Å². The molecule has 30 heavy (non-hydrogen) atoms. The van der Waals surface area contributed by atoms with E-state index >= 15 is 0 Å². The van der Waals surface area contributed by atoms with Crippen LogP contribution in [0.15, 0.2) is 54.7 Å². The van der Waals surface area contributed by atoms with E-state index in [9.17, 15) is 9.59 Å². The third-order valence-electron chi connectivity index (χ3n) is 5.72. The Bertz CT molecular complexity index is 1080. The zero-order valence-corrected chi connectivity index (χ0v) is 16.5. The normalized spacial score (nSPS) is 19.1. The number of hydrogen-bond donors (Lipinski definition) is 1. The lowest BCUT2D eigenvalue weighted by atomic mass is 10.1. The average Bonchev–Trinajstić information content (AvgIpc) is 3.23. The highest BCUT2D eigenvalue weighted by atomic mass is 16.6. The minimum atomic E-state index is -0.626. The van der Waals surface area contributed by atoms with Gasteiger partial charge in [0, 0.05) is 48.8 Å². The van der Waals surface area contributed by atoms with Crippen LogP contribution in [0.3, 0.4) is 0 Å². The first-order chi connectivity index (χ1) is 14.7. The lowest BCUT2D eigenvalue weighted by molar-refractivity contribution is -0.142. The van der Waals surface area contributed by atoms with Crippen LogP contribution < -0.4 is 9.47 Å². The highest BCUT2D eigenvalue weighted by Crippen LogP contribution is 2.31. The molecule has 1 unspecified atom stereocenters. The Balaban J connectivity index is 1.17. The molecule has 1 saturated heterocycles. The molecular formula is C23H23N3O4. The Kier molecular flexibility index (Phi) is 4.88. The maximum atomic E-state index is 12.9. The minimum Gasteiger partial charge on any atom is -0.485 e. The van der Waals surface area contributed by atoms with Crippen molar-refractivity contribution in [2.45, 2.75) is 6.10 Å². The molecule has 0 bridgehead atoms. The number of H-pyrrole nitrogens is 1. The number of aromatic amines is 1. The van der Waals surface area contributed by atoms with E-state index in [1.807, 2.05) is 48.5 Å². The summed E-state index contributed by atoms with van der Waals surface area (Å²) in [6.45, 7) is 3.02. The number of carbonyl (C=O) groups excluding carboxylic acids is 2. The molecule has 1 aromatic heterocycles. The number of benzene rings is 2. The molecule has 7 heteroatoms. The lowest BCUT2D eigenvalue weighted by Gasteiger charge is -2.36. The lowest BCUT2D eigenvalue weighted by Crippen LogP contribution is -2.54. The number of piperazine rings is 1. The van der Waals surface area contributed by atoms with Gasteiger partial charge < -0.3 is 19.4 Å². The molecule has 1 N–H and O–H groups in total. The van der Waals surface area contributed by atoms with Crippen LogP contribution in [-0.2, 0) is 4.79 Å². The number of ketones is 1. The van der Waals surface area contributed by atoms with E-state index in [-0.39, 0.29) is 18.3 Å². The van der Waals surface area contributed by atoms with E-state index in [1.165, 1.54) is 0 Å². The second-order valence-electron chi connectivity index (χ2n) is 7.64. The maximum Gasteiger partial charge on any atom is 0.267 e. The van der Waals surface area contributed by atoms with E-state index in [0.29, 0.717) is 44.2 Å². The molecule has 2 aromatic carbocycles. The summed E-state index contributed by atoms with van der Waals surface area (Å²) in [4.78, 5) is 32.7. The van der Waals surface area contributed by atoms with Crippen molar-refractivity contribution < 1.29 is 19.1 Å². The third-order valence-corrected chi connectivity index (χ3v) is 5.72. The van der Waals surface area contributed by atoms with Gasteiger partial charge in [-0.1, -0.05) is 30.3 Å². The number of rotatable bonds is 4. The van der Waals surface area contributed by atoms with Crippen LogP contribution in [0.5, 0.6) is 11.5 Å². The first-order valence-corrected chi connectivity index (χ1v) is 10.2. The molecule has 3 heterocycles. The van der Waals surface area contributed by atoms with E-state index in [1.54, 1.807) is 11.1 Å². The Morgan fingerprint density at radius 2 is 1.70 bits per heavy atom. The summed E-state index contributed by atoms with van der Waals surface area (Å²) in [5.41, 5.74) is 1.68. The largest absolute Gasteiger partial charge is 0.485 e. The SMILES string of the molecule is O=C(CN1CCN(C(=O)C2COc3ccccc3O2)CC1)c1c[nH]c2ccccc12. The summed E-state index contributed by atoms with van der Waals surface area (Å²) in [6, 6.07) is 15.2. The smallest absolute Gasteiger partial charge is 0.267 e. The van der Waals surface area contributed by atoms with Gasteiger partial charge in [0.2, 0.25) is 6.10 Å². The van der Waals surface area contributed by atoms with Gasteiger partial charge in [0.05, 0.1) is 6.54 Å². The van der Waals surface area contributed by atoms with Gasteiger partial charge in [-0.15, -0.1) is 0 Å². The third kappa shape index (κ3) is 3.52. The number of amides is 1. The summed E-state index contributed by atoms with van der Waals surface area (Å²) >= 11 is 0. The van der Waals surface area contributed by atoms with Crippen molar-refractivity contribution in [3.05, 3.63) is 60.3 Å². The van der Waals surface area contributed by atoms with E-state index in [0.717, 1.165) is 16.5 Å². The van der Waals surface area contributed by atoms with Crippen molar-refractivity contribution in [3.63, 3.8) is 0 Å². The first-order valence-electron chi connectivity index (χ1n) is 10.2. The molecule has 3 aromatic rings. The number of hydrogen-bond acceptors (Lipinski definition) is 5. The average molecular weight is 405 g/mol. The number of fused-ring (bicyclic) bond motifs is 2. The molecule has 154 valence electrons. The van der Waals surface area contributed by atoms with E-state index in [2.05, 4.69) is 9.88 Å². The van der Waals surface area contributed by atoms with Crippen molar-refractivity contribution in [1.82, 2.24) is 14.8 Å². The van der Waals surface area contributed by atoms with Gasteiger partial charge in [-0.25, -0.2) is 0 Å². The molecule has 7 nitrogen and oxygen atoms in total. The number of nitrogens with zero attached hydrogens (tertiary/aromatic N) is 2. The van der Waals surface area contributed by atoms with E-state index in [4.69, 9.17) is 9.47 Å². The predicted molar refractivity (Wildman–Crippen MR) is 112 cm³/mol. The van der Waals surface area contributed by atoms with Gasteiger partial charge in [-0.2, -0.15) is 0 Å². The van der Waals surface area contributed by atoms with Crippen molar-refractivity contribution >= 4 is 22.6 Å². The molecule has 1 fully saturated rings. The zero-order valence-electron chi connectivity index (χ0n) is 16.5. The summed E-state index contributed by atoms with van der Waals surface area (Å²) in [5, 5.41) is 0.950. The van der Waals surface area contributed by atoms with Gasteiger partial charge in [-0.3, -0.25) is 14.5 Å². The van der Waals surface area contributed by atoms with E-state index < -0.39 is 6.10 Å². The van der Waals surface area contributed by atoms with Crippen LogP contribution in [0.1, 0.15) is 10.4 Å². The quantitative estimate of drug-likeness (QED) is 0.675. The molecule has 1 amide bonds. The van der Waals surface area contributed by atoms with Crippen molar-refractivity contribution in [1.29, 1.82) is 0 Å². The Labute approximate surface area is 174 Å². The van der Waals surface area contributed by atoms with Crippen LogP contribution in [0.4, 0.5) is 0 Å². The van der Waals surface area contributed by atoms with Crippen LogP contribution >= 0.6 is 0 Å². The topological polar surface area (TPSA) is 74.9 Å². The predicted octanol–water partition coefficient (Wildman–Crippen LogP) is 2.33. The summed E-state index contributed by atoms with van der Waals surface area (Å²) in [7, 11) is 0. The summed E-state index contributed by atoms with van der Waals surface area (Å²) < 4.78 is 11.5. The fourth-order valence-corrected chi connectivity index (χ4v) is 4.06. The molecule has 0 spiro atoms. The number of nitrogens with one attached hydrogen (secondary N) is 1. The van der Waals surface area contributed by atoms with Gasteiger partial charge >= 0.3 is 0 Å². The summed E-state index contributed by atoms with van der Waals surface area (Å²) in [6.07, 6.45) is 1.16.